The summed E-state index contributed by atoms with van der Waals surface area (Å²) >= 11 is 1.82. The van der Waals surface area contributed by atoms with Gasteiger partial charge in [0.15, 0.2) is 5.96 Å². The molecule has 0 spiro atoms. The van der Waals surface area contributed by atoms with Gasteiger partial charge in [0.1, 0.15) is 5.82 Å². The van der Waals surface area contributed by atoms with Crippen molar-refractivity contribution in [2.24, 2.45) is 4.99 Å². The maximum atomic E-state index is 14.7. The van der Waals surface area contributed by atoms with Crippen molar-refractivity contribution in [2.75, 3.05) is 31.1 Å². The van der Waals surface area contributed by atoms with Gasteiger partial charge in [0.25, 0.3) is 0 Å². The molecule has 1 atom stereocenters. The smallest absolute Gasteiger partial charge is 0.191 e. The minimum Gasteiger partial charge on any atom is -0.393 e. The van der Waals surface area contributed by atoms with Crippen molar-refractivity contribution in [1.82, 2.24) is 10.6 Å². The van der Waals surface area contributed by atoms with E-state index < -0.39 is 0 Å². The molecule has 5 nitrogen and oxygen atoms in total. The first-order valence-corrected chi connectivity index (χ1v) is 11.9. The number of hydrogen-bond acceptors (Lipinski definition) is 4. The van der Waals surface area contributed by atoms with Crippen LogP contribution in [0.1, 0.15) is 32.3 Å². The number of halogens is 2. The molecule has 2 aromatic rings. The highest BCUT2D eigenvalue weighted by Crippen LogP contribution is 2.25. The minimum atomic E-state index is -0.265. The summed E-state index contributed by atoms with van der Waals surface area (Å²) in [7, 11) is 0. The first kappa shape index (κ1) is 26.7. The van der Waals surface area contributed by atoms with E-state index in [-0.39, 0.29) is 35.9 Å². The van der Waals surface area contributed by atoms with Crippen molar-refractivity contribution in [1.29, 1.82) is 0 Å². The topological polar surface area (TPSA) is 59.9 Å². The first-order chi connectivity index (χ1) is 15.0. The molecule has 1 unspecified atom stereocenters. The summed E-state index contributed by atoms with van der Waals surface area (Å²) in [6, 6.07) is 15.7. The standard InChI is InChI=1S/C24H33FN4OS.HI/c1-3-26-24(27-16-18(2)31-21-7-5-4-6-8-21)28-17-19-9-10-23(22(25)15-19)29-13-11-20(30)12-14-29;/h4-10,15,18,20,30H,3,11-14,16-17H2,1-2H3,(H2,26,27,28);1H. The van der Waals surface area contributed by atoms with Crippen molar-refractivity contribution in [3.63, 3.8) is 0 Å². The largest absolute Gasteiger partial charge is 0.393 e. The second-order valence-electron chi connectivity index (χ2n) is 7.82. The van der Waals surface area contributed by atoms with E-state index in [1.165, 1.54) is 4.90 Å². The van der Waals surface area contributed by atoms with Gasteiger partial charge in [0, 0.05) is 36.3 Å². The van der Waals surface area contributed by atoms with Gasteiger partial charge in [-0.05, 0) is 49.6 Å². The van der Waals surface area contributed by atoms with Gasteiger partial charge in [-0.25, -0.2) is 9.38 Å². The molecule has 0 bridgehead atoms. The lowest BCUT2D eigenvalue weighted by molar-refractivity contribution is 0.145. The quantitative estimate of drug-likeness (QED) is 0.186. The van der Waals surface area contributed by atoms with Gasteiger partial charge in [-0.3, -0.25) is 0 Å². The fourth-order valence-corrected chi connectivity index (χ4v) is 4.48. The number of guanidine groups is 1. The molecule has 0 saturated carbocycles. The number of hydrogen-bond donors (Lipinski definition) is 3. The van der Waals surface area contributed by atoms with Crippen LogP contribution in [0.2, 0.25) is 0 Å². The van der Waals surface area contributed by atoms with E-state index in [1.54, 1.807) is 6.07 Å². The van der Waals surface area contributed by atoms with Crippen molar-refractivity contribution >= 4 is 47.4 Å². The number of benzene rings is 2. The Bertz CT molecular complexity index is 847. The molecule has 3 rings (SSSR count). The van der Waals surface area contributed by atoms with E-state index in [9.17, 15) is 9.50 Å². The molecule has 0 aliphatic carbocycles. The number of anilines is 1. The Morgan fingerprint density at radius 1 is 1.19 bits per heavy atom. The SMILES string of the molecule is CCNC(=NCc1ccc(N2CCC(O)CC2)c(F)c1)NCC(C)Sc1ccccc1.I. The monoisotopic (exact) mass is 572 g/mol. The summed E-state index contributed by atoms with van der Waals surface area (Å²) in [6.07, 6.45) is 1.10. The van der Waals surface area contributed by atoms with E-state index in [0.717, 1.165) is 24.6 Å². The average molecular weight is 573 g/mol. The minimum absolute atomic E-state index is 0. The van der Waals surface area contributed by atoms with E-state index in [2.05, 4.69) is 34.7 Å². The summed E-state index contributed by atoms with van der Waals surface area (Å²) in [6.45, 7) is 7.53. The normalized spacial score (nSPS) is 15.8. The molecule has 0 radical (unpaired) electrons. The third-order valence-electron chi connectivity index (χ3n) is 5.22. The van der Waals surface area contributed by atoms with Gasteiger partial charge in [-0.2, -0.15) is 0 Å². The fraction of sp³-hybridized carbons (Fsp3) is 0.458. The number of aliphatic hydroxyl groups is 1. The van der Waals surface area contributed by atoms with Gasteiger partial charge >= 0.3 is 0 Å². The third-order valence-corrected chi connectivity index (χ3v) is 6.33. The van der Waals surface area contributed by atoms with Gasteiger partial charge in [0.05, 0.1) is 18.3 Å². The summed E-state index contributed by atoms with van der Waals surface area (Å²) in [5.74, 6) is 0.507. The Balaban J connectivity index is 0.00000363. The number of nitrogens with zero attached hydrogens (tertiary/aromatic N) is 2. The maximum Gasteiger partial charge on any atom is 0.191 e. The van der Waals surface area contributed by atoms with Crippen LogP contribution in [0.25, 0.3) is 0 Å². The van der Waals surface area contributed by atoms with Crippen LogP contribution in [-0.2, 0) is 6.54 Å². The predicted octanol–water partition coefficient (Wildman–Crippen LogP) is 4.64. The molecular weight excluding hydrogens is 538 g/mol. The summed E-state index contributed by atoms with van der Waals surface area (Å²) in [5, 5.41) is 16.7. The van der Waals surface area contributed by atoms with Crippen LogP contribution in [-0.4, -0.2) is 48.6 Å². The molecule has 1 aliphatic heterocycles. The zero-order chi connectivity index (χ0) is 22.1. The Morgan fingerprint density at radius 2 is 1.91 bits per heavy atom. The van der Waals surface area contributed by atoms with Crippen LogP contribution < -0.4 is 15.5 Å². The van der Waals surface area contributed by atoms with Gasteiger partial charge < -0.3 is 20.6 Å². The highest BCUT2D eigenvalue weighted by Gasteiger charge is 2.19. The van der Waals surface area contributed by atoms with Crippen LogP contribution in [0.4, 0.5) is 10.1 Å². The van der Waals surface area contributed by atoms with Gasteiger partial charge in [-0.1, -0.05) is 31.2 Å². The van der Waals surface area contributed by atoms with E-state index in [4.69, 9.17) is 0 Å². The Morgan fingerprint density at radius 3 is 2.56 bits per heavy atom. The molecule has 0 amide bonds. The van der Waals surface area contributed by atoms with E-state index in [0.29, 0.717) is 43.4 Å². The van der Waals surface area contributed by atoms with E-state index >= 15 is 0 Å². The molecule has 8 heteroatoms. The molecule has 1 fully saturated rings. The lowest BCUT2D eigenvalue weighted by Gasteiger charge is -2.31. The second kappa shape index (κ2) is 13.9. The molecule has 1 heterocycles. The second-order valence-corrected chi connectivity index (χ2v) is 9.33. The molecule has 176 valence electrons. The van der Waals surface area contributed by atoms with Crippen molar-refractivity contribution in [3.05, 3.63) is 59.9 Å². The highest BCUT2D eigenvalue weighted by molar-refractivity contribution is 14.0. The number of rotatable bonds is 8. The molecular formula is C24H34FIN4OS. The van der Waals surface area contributed by atoms with E-state index in [1.807, 2.05) is 53.9 Å². The molecule has 1 saturated heterocycles. The van der Waals surface area contributed by atoms with Crippen LogP contribution in [0, 0.1) is 5.82 Å². The molecule has 0 aromatic heterocycles. The zero-order valence-electron chi connectivity index (χ0n) is 18.8. The molecule has 1 aliphatic rings. The van der Waals surface area contributed by atoms with Crippen molar-refractivity contribution in [2.45, 2.75) is 49.5 Å². The first-order valence-electron chi connectivity index (χ1n) is 11.0. The summed E-state index contributed by atoms with van der Waals surface area (Å²) in [4.78, 5) is 7.88. The Hall–Kier alpha value is -1.52. The average Bonchev–Trinajstić information content (AvgIpc) is 2.77. The predicted molar refractivity (Wildman–Crippen MR) is 144 cm³/mol. The van der Waals surface area contributed by atoms with Crippen LogP contribution in [0.15, 0.2) is 58.4 Å². The van der Waals surface area contributed by atoms with Gasteiger partial charge in [0.2, 0.25) is 0 Å². The Labute approximate surface area is 212 Å². The zero-order valence-corrected chi connectivity index (χ0v) is 21.9. The number of piperidine rings is 1. The molecule has 32 heavy (non-hydrogen) atoms. The summed E-state index contributed by atoms with van der Waals surface area (Å²) < 4.78 is 14.7. The molecule has 3 N–H and O–H groups in total. The summed E-state index contributed by atoms with van der Waals surface area (Å²) in [5.41, 5.74) is 1.44. The maximum absolute atomic E-state index is 14.7. The lowest BCUT2D eigenvalue weighted by Crippen LogP contribution is -2.40. The third kappa shape index (κ3) is 8.44. The van der Waals surface area contributed by atoms with Crippen LogP contribution in [0.5, 0.6) is 0 Å². The van der Waals surface area contributed by atoms with Gasteiger partial charge in [-0.15, -0.1) is 35.7 Å². The van der Waals surface area contributed by atoms with Crippen LogP contribution in [0.3, 0.4) is 0 Å². The number of nitrogens with one attached hydrogen (secondary N) is 2. The lowest BCUT2D eigenvalue weighted by atomic mass is 10.1. The number of aliphatic imine (C=N–C) groups is 1. The molecule has 2 aromatic carbocycles. The fourth-order valence-electron chi connectivity index (χ4n) is 3.54. The van der Waals surface area contributed by atoms with Crippen molar-refractivity contribution in [3.8, 4) is 0 Å². The number of thioether (sulfide) groups is 1. The number of aliphatic hydroxyl groups excluding tert-OH is 1. The van der Waals surface area contributed by atoms with Crippen molar-refractivity contribution < 1.29 is 9.50 Å². The Kier molecular flexibility index (Phi) is 11.6. The van der Waals surface area contributed by atoms with Crippen LogP contribution >= 0.6 is 35.7 Å². The highest BCUT2D eigenvalue weighted by atomic mass is 127.